The zero-order valence-electron chi connectivity index (χ0n) is 14.2. The number of hydrogen-bond donors (Lipinski definition) is 1. The van der Waals surface area contributed by atoms with Gasteiger partial charge in [-0.2, -0.15) is 0 Å². The minimum absolute atomic E-state index is 0.0330. The Kier molecular flexibility index (Phi) is 6.10. The zero-order chi connectivity index (χ0) is 17.5. The van der Waals surface area contributed by atoms with Gasteiger partial charge in [0, 0.05) is 40.2 Å². The van der Waals surface area contributed by atoms with Crippen molar-refractivity contribution < 1.29 is 14.3 Å². The third-order valence-electron chi connectivity index (χ3n) is 3.77. The van der Waals surface area contributed by atoms with E-state index in [4.69, 9.17) is 0 Å². The molecule has 2 rings (SSSR count). The first-order valence-corrected chi connectivity index (χ1v) is 7.70. The van der Waals surface area contributed by atoms with Crippen molar-refractivity contribution in [3.8, 4) is 0 Å². The predicted octanol–water partition coefficient (Wildman–Crippen LogP) is -1.31. The van der Waals surface area contributed by atoms with Gasteiger partial charge < -0.3 is 19.9 Å². The summed E-state index contributed by atoms with van der Waals surface area (Å²) in [6.07, 6.45) is 1.69. The maximum absolute atomic E-state index is 11.4. The van der Waals surface area contributed by atoms with Crippen LogP contribution in [0.2, 0.25) is 0 Å². The van der Waals surface area contributed by atoms with Gasteiger partial charge in [0.15, 0.2) is 5.96 Å². The van der Waals surface area contributed by atoms with Gasteiger partial charge in [-0.1, -0.05) is 5.21 Å². The van der Waals surface area contributed by atoms with Crippen LogP contribution in [0.1, 0.15) is 12.6 Å². The van der Waals surface area contributed by atoms with Gasteiger partial charge in [-0.05, 0) is 0 Å². The number of methoxy groups -OCH3 is 1. The van der Waals surface area contributed by atoms with Gasteiger partial charge in [-0.25, -0.2) is 4.68 Å². The van der Waals surface area contributed by atoms with E-state index in [1.807, 2.05) is 4.90 Å². The summed E-state index contributed by atoms with van der Waals surface area (Å²) in [5.41, 5.74) is 0.697. The van der Waals surface area contributed by atoms with E-state index in [0.29, 0.717) is 25.3 Å². The molecule has 24 heavy (non-hydrogen) atoms. The van der Waals surface area contributed by atoms with Crippen LogP contribution in [0.15, 0.2) is 11.2 Å². The number of amides is 1. The van der Waals surface area contributed by atoms with Crippen LogP contribution in [0.5, 0.6) is 0 Å². The predicted molar refractivity (Wildman–Crippen MR) is 86.1 cm³/mol. The standard InChI is InChI=1S/C14H23N7O3/c1-11(22)19-4-6-20(7-5-19)14(15-2)16-8-12-9-21(18-17-12)10-13(23)24-3/h9H,4-8,10H2,1-3H3,(H,15,16). The minimum Gasteiger partial charge on any atom is -0.468 e. The second-order valence-corrected chi connectivity index (χ2v) is 5.38. The van der Waals surface area contributed by atoms with Crippen molar-refractivity contribution in [2.24, 2.45) is 4.99 Å². The van der Waals surface area contributed by atoms with Crippen molar-refractivity contribution in [1.29, 1.82) is 0 Å². The van der Waals surface area contributed by atoms with E-state index in [1.54, 1.807) is 20.2 Å². The smallest absolute Gasteiger partial charge is 0.327 e. The Balaban J connectivity index is 1.84. The van der Waals surface area contributed by atoms with Gasteiger partial charge in [0.05, 0.1) is 19.9 Å². The van der Waals surface area contributed by atoms with E-state index in [1.165, 1.54) is 11.8 Å². The highest BCUT2D eigenvalue weighted by Crippen LogP contribution is 2.03. The first-order chi connectivity index (χ1) is 11.5. The largest absolute Gasteiger partial charge is 0.468 e. The van der Waals surface area contributed by atoms with E-state index < -0.39 is 0 Å². The molecule has 1 N–H and O–H groups in total. The number of nitrogens with zero attached hydrogens (tertiary/aromatic N) is 6. The number of ether oxygens (including phenoxy) is 1. The summed E-state index contributed by atoms with van der Waals surface area (Å²) in [7, 11) is 3.05. The van der Waals surface area contributed by atoms with E-state index in [2.05, 4.69) is 30.3 Å². The molecular weight excluding hydrogens is 314 g/mol. The van der Waals surface area contributed by atoms with Crippen LogP contribution >= 0.6 is 0 Å². The Morgan fingerprint density at radius 3 is 2.54 bits per heavy atom. The molecule has 0 aliphatic carbocycles. The van der Waals surface area contributed by atoms with Crippen LogP contribution in [-0.4, -0.2) is 83.0 Å². The molecule has 0 unspecified atom stereocenters. The van der Waals surface area contributed by atoms with Crippen molar-refractivity contribution in [1.82, 2.24) is 30.1 Å². The third kappa shape index (κ3) is 4.67. The minimum atomic E-state index is -0.376. The van der Waals surface area contributed by atoms with Crippen LogP contribution in [0.4, 0.5) is 0 Å². The molecule has 0 aromatic carbocycles. The second-order valence-electron chi connectivity index (χ2n) is 5.38. The fourth-order valence-electron chi connectivity index (χ4n) is 2.43. The van der Waals surface area contributed by atoms with E-state index in [9.17, 15) is 9.59 Å². The summed E-state index contributed by atoms with van der Waals surface area (Å²) in [4.78, 5) is 30.8. The summed E-state index contributed by atoms with van der Waals surface area (Å²) >= 11 is 0. The highest BCUT2D eigenvalue weighted by molar-refractivity contribution is 5.80. The molecule has 1 aliphatic heterocycles. The Bertz CT molecular complexity index is 605. The lowest BCUT2D eigenvalue weighted by molar-refractivity contribution is -0.141. The molecule has 1 amide bonds. The molecule has 1 fully saturated rings. The molecule has 1 aliphatic rings. The highest BCUT2D eigenvalue weighted by atomic mass is 16.5. The normalized spacial score (nSPS) is 15.4. The molecule has 0 atom stereocenters. The van der Waals surface area contributed by atoms with Gasteiger partial charge in [0.1, 0.15) is 12.2 Å². The van der Waals surface area contributed by atoms with Gasteiger partial charge >= 0.3 is 5.97 Å². The average Bonchev–Trinajstić information content (AvgIpc) is 3.03. The number of hydrogen-bond acceptors (Lipinski definition) is 6. The second kappa shape index (κ2) is 8.27. The molecular formula is C14H23N7O3. The van der Waals surface area contributed by atoms with Gasteiger partial charge in [0.2, 0.25) is 5.91 Å². The number of esters is 1. The molecule has 1 saturated heterocycles. The van der Waals surface area contributed by atoms with E-state index in [0.717, 1.165) is 19.0 Å². The first-order valence-electron chi connectivity index (χ1n) is 7.70. The number of rotatable bonds is 4. The van der Waals surface area contributed by atoms with Crippen LogP contribution in [0.3, 0.4) is 0 Å². The number of piperazine rings is 1. The summed E-state index contributed by atoms with van der Waals surface area (Å²) in [5.74, 6) is 0.471. The SMILES string of the molecule is CN=C(NCc1cn(CC(=O)OC)nn1)N1CCN(C(C)=O)CC1. The molecule has 1 aromatic rings. The van der Waals surface area contributed by atoms with E-state index >= 15 is 0 Å². The van der Waals surface area contributed by atoms with Crippen molar-refractivity contribution in [3.63, 3.8) is 0 Å². The molecule has 10 nitrogen and oxygen atoms in total. The van der Waals surface area contributed by atoms with Crippen LogP contribution < -0.4 is 5.32 Å². The van der Waals surface area contributed by atoms with Gasteiger partial charge in [-0.3, -0.25) is 14.6 Å². The van der Waals surface area contributed by atoms with Crippen LogP contribution in [-0.2, 0) is 27.4 Å². The fraction of sp³-hybridized carbons (Fsp3) is 0.643. The number of nitrogens with one attached hydrogen (secondary N) is 1. The van der Waals surface area contributed by atoms with Crippen molar-refractivity contribution in [2.75, 3.05) is 40.3 Å². The molecule has 2 heterocycles. The zero-order valence-corrected chi connectivity index (χ0v) is 14.2. The highest BCUT2D eigenvalue weighted by Gasteiger charge is 2.20. The molecule has 0 bridgehead atoms. The summed E-state index contributed by atoms with van der Waals surface area (Å²) in [5, 5.41) is 11.1. The molecule has 1 aromatic heterocycles. The topological polar surface area (TPSA) is 105 Å². The number of carbonyl (C=O) groups excluding carboxylic acids is 2. The Hall–Kier alpha value is -2.65. The van der Waals surface area contributed by atoms with Gasteiger partial charge in [0.25, 0.3) is 0 Å². The monoisotopic (exact) mass is 337 g/mol. The summed E-state index contributed by atoms with van der Waals surface area (Å²) < 4.78 is 6.01. The summed E-state index contributed by atoms with van der Waals surface area (Å²) in [6, 6.07) is 0. The number of guanidine groups is 1. The third-order valence-corrected chi connectivity index (χ3v) is 3.77. The Labute approximate surface area is 140 Å². The maximum Gasteiger partial charge on any atom is 0.327 e. The Morgan fingerprint density at radius 2 is 1.96 bits per heavy atom. The first kappa shape index (κ1) is 17.7. The van der Waals surface area contributed by atoms with Gasteiger partial charge in [-0.15, -0.1) is 5.10 Å². The van der Waals surface area contributed by atoms with Crippen molar-refractivity contribution in [2.45, 2.75) is 20.0 Å². The van der Waals surface area contributed by atoms with Crippen LogP contribution in [0.25, 0.3) is 0 Å². The average molecular weight is 337 g/mol. The quantitative estimate of drug-likeness (QED) is 0.413. The van der Waals surface area contributed by atoms with Crippen molar-refractivity contribution >= 4 is 17.8 Å². The van der Waals surface area contributed by atoms with Crippen molar-refractivity contribution in [3.05, 3.63) is 11.9 Å². The molecule has 10 heteroatoms. The maximum atomic E-state index is 11.4. The van der Waals surface area contributed by atoms with Crippen LogP contribution in [0, 0.1) is 0 Å². The molecule has 0 saturated carbocycles. The lowest BCUT2D eigenvalue weighted by Crippen LogP contribution is -2.53. The van der Waals surface area contributed by atoms with E-state index in [-0.39, 0.29) is 18.4 Å². The molecule has 132 valence electrons. The fourth-order valence-corrected chi connectivity index (χ4v) is 2.43. The number of aliphatic imine (C=N–C) groups is 1. The lowest BCUT2D eigenvalue weighted by atomic mass is 10.3. The Morgan fingerprint density at radius 1 is 1.29 bits per heavy atom. The summed E-state index contributed by atoms with van der Waals surface area (Å²) in [6.45, 7) is 4.89. The molecule has 0 spiro atoms. The molecule has 0 radical (unpaired) electrons. The number of carbonyl (C=O) groups is 2. The lowest BCUT2D eigenvalue weighted by Gasteiger charge is -2.36. The number of aromatic nitrogens is 3.